The van der Waals surface area contributed by atoms with Gasteiger partial charge in [0.05, 0.1) is 18.5 Å². The van der Waals surface area contributed by atoms with Crippen molar-refractivity contribution in [2.75, 3.05) is 12.4 Å². The average molecular weight is 347 g/mol. The lowest BCUT2D eigenvalue weighted by Crippen LogP contribution is -2.34. The molecule has 1 aliphatic rings. The van der Waals surface area contributed by atoms with Gasteiger partial charge in [-0.25, -0.2) is 4.98 Å². The van der Waals surface area contributed by atoms with Crippen LogP contribution in [0.5, 0.6) is 5.75 Å². The third-order valence-electron chi connectivity index (χ3n) is 4.11. The molecule has 21 heavy (non-hydrogen) atoms. The Kier molecular flexibility index (Phi) is 4.15. The minimum Gasteiger partial charge on any atom is -0.497 e. The number of pyridine rings is 1. The van der Waals surface area contributed by atoms with Crippen LogP contribution >= 0.6 is 15.9 Å². The Bertz CT molecular complexity index is 638. The monoisotopic (exact) mass is 346 g/mol. The van der Waals surface area contributed by atoms with Gasteiger partial charge in [-0.2, -0.15) is 0 Å². The number of rotatable bonds is 4. The zero-order valence-electron chi connectivity index (χ0n) is 12.3. The summed E-state index contributed by atoms with van der Waals surface area (Å²) in [6.45, 7) is 2.03. The maximum atomic E-state index is 5.29. The second-order valence-corrected chi connectivity index (χ2v) is 6.37. The molecule has 0 radical (unpaired) electrons. The van der Waals surface area contributed by atoms with Crippen LogP contribution in [-0.2, 0) is 0 Å². The molecule has 1 saturated carbocycles. The fraction of sp³-hybridized carbons (Fsp3) is 0.353. The molecule has 3 nitrogen and oxygen atoms in total. The normalized spacial score (nSPS) is 20.7. The Morgan fingerprint density at radius 3 is 2.76 bits per heavy atom. The van der Waals surface area contributed by atoms with Crippen molar-refractivity contribution in [3.63, 3.8) is 0 Å². The van der Waals surface area contributed by atoms with Crippen LogP contribution in [0.2, 0.25) is 0 Å². The number of benzene rings is 1. The molecule has 0 aliphatic heterocycles. The summed E-state index contributed by atoms with van der Waals surface area (Å²) < 4.78 is 6.18. The second kappa shape index (κ2) is 6.06. The standard InChI is InChI=1S/C17H19BrN2O/c1-11-16(6-7-17(18)19-11)20-14-8-13(9-14)12-4-3-5-15(10-12)21-2/h3-7,10,13-14,20H,8-9H2,1-2H3. The molecule has 1 aliphatic carbocycles. The highest BCUT2D eigenvalue weighted by molar-refractivity contribution is 9.10. The van der Waals surface area contributed by atoms with E-state index in [1.807, 2.05) is 19.1 Å². The zero-order valence-corrected chi connectivity index (χ0v) is 13.9. The van der Waals surface area contributed by atoms with Gasteiger partial charge in [-0.1, -0.05) is 12.1 Å². The molecule has 0 bridgehead atoms. The van der Waals surface area contributed by atoms with E-state index >= 15 is 0 Å². The molecule has 0 amide bonds. The molecule has 2 aromatic rings. The van der Waals surface area contributed by atoms with Crippen LogP contribution in [0.3, 0.4) is 0 Å². The number of hydrogen-bond donors (Lipinski definition) is 1. The molecule has 0 spiro atoms. The first kappa shape index (κ1) is 14.4. The molecule has 0 unspecified atom stereocenters. The number of anilines is 1. The van der Waals surface area contributed by atoms with Crippen LogP contribution in [0.25, 0.3) is 0 Å². The number of halogens is 1. The molecule has 1 heterocycles. The lowest BCUT2D eigenvalue weighted by molar-refractivity contribution is 0.370. The Balaban J connectivity index is 1.60. The molecule has 110 valence electrons. The summed E-state index contributed by atoms with van der Waals surface area (Å²) in [5.74, 6) is 1.57. The van der Waals surface area contributed by atoms with Crippen molar-refractivity contribution in [3.05, 3.63) is 52.3 Å². The van der Waals surface area contributed by atoms with E-state index in [-0.39, 0.29) is 0 Å². The van der Waals surface area contributed by atoms with Crippen molar-refractivity contribution in [3.8, 4) is 5.75 Å². The summed E-state index contributed by atoms with van der Waals surface area (Å²) in [5, 5.41) is 3.59. The first-order chi connectivity index (χ1) is 10.2. The van der Waals surface area contributed by atoms with E-state index in [0.29, 0.717) is 12.0 Å². The topological polar surface area (TPSA) is 34.1 Å². The summed E-state index contributed by atoms with van der Waals surface area (Å²) in [4.78, 5) is 4.42. The molecule has 1 N–H and O–H groups in total. The molecule has 1 aromatic heterocycles. The third-order valence-corrected chi connectivity index (χ3v) is 4.56. The highest BCUT2D eigenvalue weighted by atomic mass is 79.9. The van der Waals surface area contributed by atoms with Gasteiger partial charge in [-0.15, -0.1) is 0 Å². The van der Waals surface area contributed by atoms with Gasteiger partial charge in [0.15, 0.2) is 0 Å². The SMILES string of the molecule is COc1cccc(C2CC(Nc3ccc(Br)nc3C)C2)c1. The summed E-state index contributed by atoms with van der Waals surface area (Å²) >= 11 is 3.40. The summed E-state index contributed by atoms with van der Waals surface area (Å²) in [6, 6.07) is 13.0. The van der Waals surface area contributed by atoms with E-state index < -0.39 is 0 Å². The third kappa shape index (κ3) is 3.21. The highest BCUT2D eigenvalue weighted by Gasteiger charge is 2.30. The Morgan fingerprint density at radius 1 is 1.24 bits per heavy atom. The quantitative estimate of drug-likeness (QED) is 0.826. The average Bonchev–Trinajstić information content (AvgIpc) is 2.44. The number of aryl methyl sites for hydroxylation is 1. The fourth-order valence-corrected chi connectivity index (χ4v) is 3.20. The smallest absolute Gasteiger partial charge is 0.119 e. The van der Waals surface area contributed by atoms with Gasteiger partial charge in [0.2, 0.25) is 0 Å². The van der Waals surface area contributed by atoms with E-state index in [2.05, 4.69) is 50.5 Å². The Labute approximate surface area is 133 Å². The van der Waals surface area contributed by atoms with Crippen molar-refractivity contribution in [1.29, 1.82) is 0 Å². The highest BCUT2D eigenvalue weighted by Crippen LogP contribution is 2.39. The molecule has 0 atom stereocenters. The van der Waals surface area contributed by atoms with Crippen LogP contribution in [0.4, 0.5) is 5.69 Å². The molecule has 4 heteroatoms. The van der Waals surface area contributed by atoms with Gasteiger partial charge in [-0.3, -0.25) is 0 Å². The number of methoxy groups -OCH3 is 1. The van der Waals surface area contributed by atoms with Gasteiger partial charge in [0, 0.05) is 6.04 Å². The lowest BCUT2D eigenvalue weighted by atomic mass is 9.75. The van der Waals surface area contributed by atoms with Gasteiger partial charge in [0.1, 0.15) is 10.4 Å². The summed E-state index contributed by atoms with van der Waals surface area (Å²) in [7, 11) is 1.72. The van der Waals surface area contributed by atoms with Gasteiger partial charge in [0.25, 0.3) is 0 Å². The van der Waals surface area contributed by atoms with Gasteiger partial charge < -0.3 is 10.1 Å². The molecule has 3 rings (SSSR count). The van der Waals surface area contributed by atoms with Crippen LogP contribution < -0.4 is 10.1 Å². The van der Waals surface area contributed by atoms with Crippen molar-refractivity contribution in [2.24, 2.45) is 0 Å². The number of nitrogens with one attached hydrogen (secondary N) is 1. The summed E-state index contributed by atoms with van der Waals surface area (Å²) in [6.07, 6.45) is 2.31. The van der Waals surface area contributed by atoms with Gasteiger partial charge >= 0.3 is 0 Å². The molecular formula is C17H19BrN2O. The van der Waals surface area contributed by atoms with Crippen molar-refractivity contribution in [1.82, 2.24) is 4.98 Å². The minimum absolute atomic E-state index is 0.530. The van der Waals surface area contributed by atoms with E-state index in [9.17, 15) is 0 Å². The first-order valence-electron chi connectivity index (χ1n) is 7.19. The van der Waals surface area contributed by atoms with Gasteiger partial charge in [-0.05, 0) is 71.4 Å². The maximum absolute atomic E-state index is 5.29. The van der Waals surface area contributed by atoms with Crippen molar-refractivity contribution in [2.45, 2.75) is 31.7 Å². The van der Waals surface area contributed by atoms with Crippen molar-refractivity contribution < 1.29 is 4.74 Å². The predicted octanol–water partition coefficient (Wildman–Crippen LogP) is 4.52. The number of nitrogens with zero attached hydrogens (tertiary/aromatic N) is 1. The largest absolute Gasteiger partial charge is 0.497 e. The van der Waals surface area contributed by atoms with Crippen LogP contribution in [0.15, 0.2) is 41.0 Å². The predicted molar refractivity (Wildman–Crippen MR) is 89.1 cm³/mol. The lowest BCUT2D eigenvalue weighted by Gasteiger charge is -2.37. The number of aromatic nitrogens is 1. The number of ether oxygens (including phenoxy) is 1. The van der Waals surface area contributed by atoms with E-state index in [1.165, 1.54) is 5.56 Å². The first-order valence-corrected chi connectivity index (χ1v) is 7.98. The van der Waals surface area contributed by atoms with E-state index in [0.717, 1.165) is 34.6 Å². The Hall–Kier alpha value is -1.55. The number of hydrogen-bond acceptors (Lipinski definition) is 3. The zero-order chi connectivity index (χ0) is 14.8. The summed E-state index contributed by atoms with van der Waals surface area (Å²) in [5.41, 5.74) is 3.54. The second-order valence-electron chi connectivity index (χ2n) is 5.55. The van der Waals surface area contributed by atoms with Crippen molar-refractivity contribution >= 4 is 21.6 Å². The molecular weight excluding hydrogens is 328 g/mol. The minimum atomic E-state index is 0.530. The fourth-order valence-electron chi connectivity index (χ4n) is 2.81. The Morgan fingerprint density at radius 2 is 2.05 bits per heavy atom. The van der Waals surface area contributed by atoms with E-state index in [1.54, 1.807) is 7.11 Å². The molecule has 1 fully saturated rings. The van der Waals surface area contributed by atoms with Crippen LogP contribution in [0, 0.1) is 6.92 Å². The molecule has 1 aromatic carbocycles. The molecule has 0 saturated heterocycles. The maximum Gasteiger partial charge on any atom is 0.119 e. The van der Waals surface area contributed by atoms with Crippen LogP contribution in [-0.4, -0.2) is 18.1 Å². The van der Waals surface area contributed by atoms with Crippen LogP contribution in [0.1, 0.15) is 30.0 Å². The van der Waals surface area contributed by atoms with E-state index in [4.69, 9.17) is 4.74 Å².